The Morgan fingerprint density at radius 1 is 1.00 bits per heavy atom. The third kappa shape index (κ3) is 3.99. The van der Waals surface area contributed by atoms with Crippen LogP contribution in [0.15, 0.2) is 72.9 Å². The summed E-state index contributed by atoms with van der Waals surface area (Å²) < 4.78 is 8.83. The Bertz CT molecular complexity index is 1090. The number of para-hydroxylation sites is 1. The van der Waals surface area contributed by atoms with E-state index < -0.39 is 0 Å². The zero-order valence-corrected chi connectivity index (χ0v) is 17.3. The molecule has 0 unspecified atom stereocenters. The lowest BCUT2D eigenvalue weighted by Gasteiger charge is -2.12. The lowest BCUT2D eigenvalue weighted by Crippen LogP contribution is -2.00. The zero-order valence-electron chi connectivity index (χ0n) is 14.4. The summed E-state index contributed by atoms with van der Waals surface area (Å²) in [6.45, 7) is 2.06. The zero-order chi connectivity index (χ0) is 18.8. The quantitative estimate of drug-likeness (QED) is 0.318. The van der Waals surface area contributed by atoms with E-state index in [9.17, 15) is 0 Å². The minimum Gasteiger partial charge on any atom is -0.454 e. The van der Waals surface area contributed by atoms with Gasteiger partial charge in [-0.05, 0) is 59.8 Å². The molecular formula is C21H15ClIN3O. The first-order valence-electron chi connectivity index (χ1n) is 8.32. The molecule has 1 heterocycles. The molecule has 1 aromatic heterocycles. The molecule has 27 heavy (non-hydrogen) atoms. The van der Waals surface area contributed by atoms with Crippen LogP contribution in [0.5, 0.6) is 11.5 Å². The first kappa shape index (κ1) is 18.0. The van der Waals surface area contributed by atoms with E-state index in [0.717, 1.165) is 20.5 Å². The van der Waals surface area contributed by atoms with Crippen molar-refractivity contribution in [1.82, 2.24) is 15.0 Å². The Kier molecular flexibility index (Phi) is 5.13. The summed E-state index contributed by atoms with van der Waals surface area (Å²) in [6.07, 6.45) is 1.90. The molecule has 3 aromatic carbocycles. The summed E-state index contributed by atoms with van der Waals surface area (Å²) in [5.74, 6) is 1.38. The van der Waals surface area contributed by atoms with Gasteiger partial charge in [0.2, 0.25) is 0 Å². The second-order valence-electron chi connectivity index (χ2n) is 6.06. The maximum absolute atomic E-state index is 6.13. The number of aromatic nitrogens is 3. The SMILES string of the molecule is Cc1ccc(-c2cn(-c3cccc(I)c3Oc3cccc(Cl)c3)nn2)cc1. The number of nitrogens with zero attached hydrogens (tertiary/aromatic N) is 3. The Morgan fingerprint density at radius 2 is 1.78 bits per heavy atom. The minimum atomic E-state index is 0.627. The molecule has 6 heteroatoms. The molecular weight excluding hydrogens is 473 g/mol. The molecule has 0 aliphatic rings. The number of rotatable bonds is 4. The molecule has 0 spiro atoms. The summed E-state index contributed by atoms with van der Waals surface area (Å²) >= 11 is 8.33. The van der Waals surface area contributed by atoms with E-state index in [0.29, 0.717) is 16.5 Å². The third-order valence-corrected chi connectivity index (χ3v) is 5.13. The van der Waals surface area contributed by atoms with Crippen LogP contribution in [-0.2, 0) is 0 Å². The van der Waals surface area contributed by atoms with Crippen LogP contribution in [0.1, 0.15) is 5.56 Å². The van der Waals surface area contributed by atoms with Gasteiger partial charge in [0.05, 0.1) is 9.77 Å². The summed E-state index contributed by atoms with van der Waals surface area (Å²) in [5.41, 5.74) is 3.85. The normalized spacial score (nSPS) is 10.8. The highest BCUT2D eigenvalue weighted by atomic mass is 127. The first-order chi connectivity index (χ1) is 13.1. The molecule has 0 fully saturated rings. The van der Waals surface area contributed by atoms with Crippen molar-refractivity contribution in [1.29, 1.82) is 0 Å². The van der Waals surface area contributed by atoms with E-state index in [1.165, 1.54) is 5.56 Å². The molecule has 4 rings (SSSR count). The van der Waals surface area contributed by atoms with E-state index >= 15 is 0 Å². The molecule has 0 N–H and O–H groups in total. The molecule has 0 saturated heterocycles. The molecule has 0 aliphatic carbocycles. The Balaban J connectivity index is 1.72. The lowest BCUT2D eigenvalue weighted by atomic mass is 10.1. The highest BCUT2D eigenvalue weighted by Crippen LogP contribution is 2.34. The van der Waals surface area contributed by atoms with Crippen LogP contribution in [0, 0.1) is 10.5 Å². The fourth-order valence-electron chi connectivity index (χ4n) is 2.67. The van der Waals surface area contributed by atoms with Gasteiger partial charge in [-0.15, -0.1) is 5.10 Å². The van der Waals surface area contributed by atoms with Gasteiger partial charge in [-0.2, -0.15) is 0 Å². The molecule has 0 aliphatic heterocycles. The Labute approximate surface area is 175 Å². The number of hydrogen-bond donors (Lipinski definition) is 0. The van der Waals surface area contributed by atoms with E-state index in [-0.39, 0.29) is 0 Å². The number of hydrogen-bond acceptors (Lipinski definition) is 3. The highest BCUT2D eigenvalue weighted by Gasteiger charge is 2.14. The van der Waals surface area contributed by atoms with Gasteiger partial charge in [0.1, 0.15) is 17.1 Å². The van der Waals surface area contributed by atoms with E-state index in [1.54, 1.807) is 10.7 Å². The monoisotopic (exact) mass is 487 g/mol. The maximum atomic E-state index is 6.13. The number of ether oxygens (including phenoxy) is 1. The molecule has 4 nitrogen and oxygen atoms in total. The third-order valence-electron chi connectivity index (χ3n) is 4.05. The van der Waals surface area contributed by atoms with Gasteiger partial charge in [0, 0.05) is 10.6 Å². The van der Waals surface area contributed by atoms with Crippen molar-refractivity contribution in [3.8, 4) is 28.4 Å². The molecule has 134 valence electrons. The van der Waals surface area contributed by atoms with Crippen LogP contribution < -0.4 is 4.74 Å². The van der Waals surface area contributed by atoms with Gasteiger partial charge in [0.15, 0.2) is 5.75 Å². The van der Waals surface area contributed by atoms with Gasteiger partial charge >= 0.3 is 0 Å². The predicted octanol–water partition coefficient (Wildman–Crippen LogP) is 6.29. The minimum absolute atomic E-state index is 0.627. The summed E-state index contributed by atoms with van der Waals surface area (Å²) in [4.78, 5) is 0. The van der Waals surface area contributed by atoms with Crippen molar-refractivity contribution >= 4 is 34.2 Å². The van der Waals surface area contributed by atoms with E-state index in [1.807, 2.05) is 54.7 Å². The number of aryl methyl sites for hydroxylation is 1. The van der Waals surface area contributed by atoms with Crippen LogP contribution in [0.25, 0.3) is 16.9 Å². The topological polar surface area (TPSA) is 39.9 Å². The van der Waals surface area contributed by atoms with Crippen molar-refractivity contribution in [2.24, 2.45) is 0 Å². The van der Waals surface area contributed by atoms with E-state index in [2.05, 4.69) is 52.0 Å². The van der Waals surface area contributed by atoms with Crippen molar-refractivity contribution in [3.05, 3.63) is 87.1 Å². The number of halogens is 2. The second kappa shape index (κ2) is 7.70. The van der Waals surface area contributed by atoms with Crippen molar-refractivity contribution in [2.75, 3.05) is 0 Å². The van der Waals surface area contributed by atoms with E-state index in [4.69, 9.17) is 16.3 Å². The van der Waals surface area contributed by atoms with Gasteiger partial charge in [0.25, 0.3) is 0 Å². The largest absolute Gasteiger partial charge is 0.454 e. The fourth-order valence-corrected chi connectivity index (χ4v) is 3.44. The van der Waals surface area contributed by atoms with Gasteiger partial charge in [-0.25, -0.2) is 4.68 Å². The molecule has 0 atom stereocenters. The molecule has 4 aromatic rings. The molecule has 0 amide bonds. The number of benzene rings is 3. The average molecular weight is 488 g/mol. The van der Waals surface area contributed by atoms with Crippen molar-refractivity contribution in [2.45, 2.75) is 6.92 Å². The first-order valence-corrected chi connectivity index (χ1v) is 9.77. The smallest absolute Gasteiger partial charge is 0.166 e. The summed E-state index contributed by atoms with van der Waals surface area (Å²) in [7, 11) is 0. The Hall–Kier alpha value is -2.38. The van der Waals surface area contributed by atoms with Gasteiger partial charge in [-0.1, -0.05) is 58.8 Å². The Morgan fingerprint density at radius 3 is 2.56 bits per heavy atom. The lowest BCUT2D eigenvalue weighted by molar-refractivity contribution is 0.474. The second-order valence-corrected chi connectivity index (χ2v) is 7.66. The summed E-state index contributed by atoms with van der Waals surface area (Å²) in [6, 6.07) is 21.5. The highest BCUT2D eigenvalue weighted by molar-refractivity contribution is 14.1. The predicted molar refractivity (Wildman–Crippen MR) is 116 cm³/mol. The molecule has 0 radical (unpaired) electrons. The van der Waals surface area contributed by atoms with Crippen molar-refractivity contribution < 1.29 is 4.74 Å². The van der Waals surface area contributed by atoms with Crippen LogP contribution in [0.4, 0.5) is 0 Å². The van der Waals surface area contributed by atoms with Crippen LogP contribution in [0.2, 0.25) is 5.02 Å². The average Bonchev–Trinajstić information content (AvgIpc) is 3.14. The van der Waals surface area contributed by atoms with Crippen molar-refractivity contribution in [3.63, 3.8) is 0 Å². The standard InChI is InChI=1S/C21H15ClIN3O/c1-14-8-10-15(11-9-14)19-13-26(25-24-19)20-7-3-6-18(23)21(20)27-17-5-2-4-16(22)12-17/h2-13H,1H3. The van der Waals surface area contributed by atoms with Crippen LogP contribution >= 0.6 is 34.2 Å². The molecule has 0 saturated carbocycles. The van der Waals surface area contributed by atoms with Crippen LogP contribution in [-0.4, -0.2) is 15.0 Å². The summed E-state index contributed by atoms with van der Waals surface area (Å²) in [5, 5.41) is 9.25. The van der Waals surface area contributed by atoms with Gasteiger partial charge in [-0.3, -0.25) is 0 Å². The fraction of sp³-hybridized carbons (Fsp3) is 0.0476. The maximum Gasteiger partial charge on any atom is 0.166 e. The van der Waals surface area contributed by atoms with Gasteiger partial charge < -0.3 is 4.74 Å². The van der Waals surface area contributed by atoms with Crippen LogP contribution in [0.3, 0.4) is 0 Å². The molecule has 0 bridgehead atoms.